The summed E-state index contributed by atoms with van der Waals surface area (Å²) >= 11 is 1.57. The normalized spacial score (nSPS) is 16.2. The van der Waals surface area contributed by atoms with Crippen LogP contribution in [0.15, 0.2) is 77.0 Å². The highest BCUT2D eigenvalue weighted by Crippen LogP contribution is 2.35. The molecular formula is C59H77N7O11S. The van der Waals surface area contributed by atoms with Crippen molar-refractivity contribution in [2.45, 2.75) is 112 Å². The number of nitrogens with zero attached hydrogens (tertiary/aromatic N) is 3. The van der Waals surface area contributed by atoms with Gasteiger partial charge in [0.05, 0.1) is 55.2 Å². The fourth-order valence-electron chi connectivity index (χ4n) is 9.94. The van der Waals surface area contributed by atoms with Gasteiger partial charge in [0.2, 0.25) is 17.7 Å². The molecule has 3 atom stereocenters. The zero-order chi connectivity index (χ0) is 55.9. The van der Waals surface area contributed by atoms with Gasteiger partial charge in [-0.25, -0.2) is 4.98 Å². The molecule has 4 amide bonds. The number of hydrogen-bond donors (Lipinski definition) is 5. The lowest BCUT2D eigenvalue weighted by molar-refractivity contribution is -0.144. The first-order valence-electron chi connectivity index (χ1n) is 26.9. The SMILES string of the molecule is CCN(c1cc(-c2ccc(OCCOCCOCCOCC(=O)N[C@H](C(=O)N3C[C@H](O)C[C@H]3C(=O)NCc3ccc(-c4scnc4C)cc3)C(C)(C)C)cc2)cc(C(=O)NCc2c(C)cc(C)[nH]c2=O)c1C)C1CCOCC1. The highest BCUT2D eigenvalue weighted by molar-refractivity contribution is 7.13. The molecule has 0 bridgehead atoms. The number of aliphatic hydroxyl groups excluding tert-OH is 1. The standard InChI is InChI=1S/C59H77N7O11S/c1-9-65(45-18-20-73-21-19-45)50-30-44(29-48(39(50)4)55(69)61-33-49-37(2)28-38(3)63-56(49)70)42-14-16-47(17-15-42)77-27-26-75-23-22-74-24-25-76-35-52(68)64-54(59(6,7)8)58(72)66-34-46(67)31-51(66)57(71)60-32-41-10-12-43(13-11-41)53-40(5)62-36-78-53/h10-17,28-30,36,45-46,51,54,67H,9,18-27,31-35H2,1-8H3,(H,60,71)(H,61,69)(H,63,70)(H,64,68)/t46-,51+,54-/m1/s1. The third-order valence-corrected chi connectivity index (χ3v) is 15.2. The molecule has 78 heavy (non-hydrogen) atoms. The third kappa shape index (κ3) is 15.8. The van der Waals surface area contributed by atoms with Crippen molar-refractivity contribution in [3.05, 3.63) is 122 Å². The molecule has 5 aromatic rings. The fraction of sp³-hybridized carbons (Fsp3) is 0.492. The minimum absolute atomic E-state index is 0.0263. The van der Waals surface area contributed by atoms with Gasteiger partial charge in [-0.2, -0.15) is 0 Å². The number of thiazole rings is 1. The predicted molar refractivity (Wildman–Crippen MR) is 301 cm³/mol. The van der Waals surface area contributed by atoms with Crippen molar-refractivity contribution in [3.8, 4) is 27.3 Å². The average molecular weight is 1090 g/mol. The number of rotatable bonds is 25. The van der Waals surface area contributed by atoms with Crippen LogP contribution in [0.2, 0.25) is 0 Å². The summed E-state index contributed by atoms with van der Waals surface area (Å²) in [7, 11) is 0. The highest BCUT2D eigenvalue weighted by atomic mass is 32.1. The van der Waals surface area contributed by atoms with E-state index in [-0.39, 0.29) is 69.3 Å². The Labute approximate surface area is 461 Å². The Kier molecular flexibility index (Phi) is 21.2. The molecular weight excluding hydrogens is 1010 g/mol. The number of nitrogens with one attached hydrogen (secondary N) is 4. The van der Waals surface area contributed by atoms with Crippen molar-refractivity contribution >= 4 is 40.7 Å². The number of likely N-dealkylation sites (tertiary alicyclic amines) is 1. The number of β-amino-alcohol motifs (C(OH)–C–C–N with tert-alkyl or cyclic N) is 1. The van der Waals surface area contributed by atoms with Gasteiger partial charge in [-0.15, -0.1) is 11.3 Å². The third-order valence-electron chi connectivity index (χ3n) is 14.2. The molecule has 2 fully saturated rings. The average Bonchev–Trinajstić information content (AvgIpc) is 4.13. The molecule has 18 nitrogen and oxygen atoms in total. The van der Waals surface area contributed by atoms with E-state index in [0.717, 1.165) is 74.7 Å². The first kappa shape index (κ1) is 59.2. The minimum atomic E-state index is -0.980. The zero-order valence-electron chi connectivity index (χ0n) is 46.3. The second kappa shape index (κ2) is 27.9. The Bertz CT molecular complexity index is 2880. The molecule has 2 aliphatic heterocycles. The number of hydrogen-bond acceptors (Lipinski definition) is 14. The van der Waals surface area contributed by atoms with Crippen LogP contribution in [0.4, 0.5) is 5.69 Å². The van der Waals surface area contributed by atoms with Crippen molar-refractivity contribution < 1.29 is 48.0 Å². The number of carbonyl (C=O) groups excluding carboxylic acids is 4. The number of pyridine rings is 1. The van der Waals surface area contributed by atoms with E-state index in [1.54, 1.807) is 11.3 Å². The summed E-state index contributed by atoms with van der Waals surface area (Å²) in [6.07, 6.45) is 0.997. The van der Waals surface area contributed by atoms with Gasteiger partial charge in [0, 0.05) is 74.4 Å². The summed E-state index contributed by atoms with van der Waals surface area (Å²) in [6.45, 7) is 19.0. The number of amides is 4. The van der Waals surface area contributed by atoms with Crippen LogP contribution in [0.25, 0.3) is 21.6 Å². The van der Waals surface area contributed by atoms with Crippen LogP contribution in [-0.2, 0) is 46.4 Å². The first-order valence-corrected chi connectivity index (χ1v) is 27.8. The summed E-state index contributed by atoms with van der Waals surface area (Å²) in [5, 5.41) is 19.3. The Morgan fingerprint density at radius 2 is 1.53 bits per heavy atom. The molecule has 0 spiro atoms. The summed E-state index contributed by atoms with van der Waals surface area (Å²) in [5.41, 5.74) is 10.1. The second-order valence-corrected chi connectivity index (χ2v) is 21.9. The smallest absolute Gasteiger partial charge is 0.253 e. The van der Waals surface area contributed by atoms with Crippen molar-refractivity contribution in [2.24, 2.45) is 5.41 Å². The number of benzene rings is 3. The van der Waals surface area contributed by atoms with Crippen LogP contribution in [0, 0.1) is 33.1 Å². The van der Waals surface area contributed by atoms with E-state index in [1.165, 1.54) is 4.90 Å². The molecule has 0 unspecified atom stereocenters. The first-order chi connectivity index (χ1) is 37.4. The lowest BCUT2D eigenvalue weighted by Crippen LogP contribution is -2.58. The number of aryl methyl sites for hydroxylation is 3. The topological polar surface area (TPSA) is 223 Å². The van der Waals surface area contributed by atoms with Crippen LogP contribution in [0.5, 0.6) is 5.75 Å². The van der Waals surface area contributed by atoms with E-state index in [2.05, 4.69) is 43.8 Å². The van der Waals surface area contributed by atoms with Crippen molar-refractivity contribution in [1.82, 2.24) is 30.8 Å². The summed E-state index contributed by atoms with van der Waals surface area (Å²) in [4.78, 5) is 79.2. The largest absolute Gasteiger partial charge is 0.491 e. The lowest BCUT2D eigenvalue weighted by Gasteiger charge is -2.37. The van der Waals surface area contributed by atoms with E-state index >= 15 is 0 Å². The van der Waals surface area contributed by atoms with Gasteiger partial charge in [0.25, 0.3) is 11.5 Å². The van der Waals surface area contributed by atoms with Gasteiger partial charge >= 0.3 is 0 Å². The van der Waals surface area contributed by atoms with E-state index < -0.39 is 35.4 Å². The molecule has 0 saturated carbocycles. The summed E-state index contributed by atoms with van der Waals surface area (Å²) < 4.78 is 28.6. The Balaban J connectivity index is 0.816. The van der Waals surface area contributed by atoms with Crippen LogP contribution < -0.4 is 31.1 Å². The second-order valence-electron chi connectivity index (χ2n) is 21.0. The molecule has 2 aromatic heterocycles. The van der Waals surface area contributed by atoms with E-state index in [1.807, 2.05) is 115 Å². The van der Waals surface area contributed by atoms with Crippen LogP contribution in [0.1, 0.15) is 91.0 Å². The van der Waals surface area contributed by atoms with Gasteiger partial charge in [-0.1, -0.05) is 57.2 Å². The van der Waals surface area contributed by atoms with E-state index in [9.17, 15) is 29.1 Å². The molecule has 2 aliphatic rings. The number of H-pyrrole nitrogens is 1. The van der Waals surface area contributed by atoms with Crippen molar-refractivity contribution in [3.63, 3.8) is 0 Å². The summed E-state index contributed by atoms with van der Waals surface area (Å²) in [5.74, 6) is -0.916. The van der Waals surface area contributed by atoms with E-state index in [4.69, 9.17) is 23.7 Å². The zero-order valence-corrected chi connectivity index (χ0v) is 47.1. The van der Waals surface area contributed by atoms with Gasteiger partial charge in [0.1, 0.15) is 31.0 Å². The molecule has 5 N–H and O–H groups in total. The molecule has 2 saturated heterocycles. The lowest BCUT2D eigenvalue weighted by atomic mass is 9.85. The Morgan fingerprint density at radius 3 is 2.17 bits per heavy atom. The number of ether oxygens (including phenoxy) is 5. The van der Waals surface area contributed by atoms with Crippen LogP contribution >= 0.6 is 11.3 Å². The number of anilines is 1. The monoisotopic (exact) mass is 1090 g/mol. The molecule has 0 aliphatic carbocycles. The number of aromatic amines is 1. The molecule has 3 aromatic carbocycles. The van der Waals surface area contributed by atoms with Gasteiger partial charge in [-0.05, 0) is 117 Å². The van der Waals surface area contributed by atoms with Gasteiger partial charge < -0.3 is 59.5 Å². The number of aromatic nitrogens is 2. The number of carbonyl (C=O) groups is 4. The molecule has 19 heteroatoms. The maximum absolute atomic E-state index is 14.0. The van der Waals surface area contributed by atoms with Crippen LogP contribution in [0.3, 0.4) is 0 Å². The fourth-order valence-corrected chi connectivity index (χ4v) is 10.7. The Morgan fingerprint density at radius 1 is 0.859 bits per heavy atom. The molecule has 0 radical (unpaired) electrons. The predicted octanol–water partition coefficient (Wildman–Crippen LogP) is 6.57. The quantitative estimate of drug-likeness (QED) is 0.0391. The van der Waals surface area contributed by atoms with Gasteiger partial charge in [0.15, 0.2) is 0 Å². The van der Waals surface area contributed by atoms with Crippen molar-refractivity contribution in [2.75, 3.05) is 77.5 Å². The Hall–Kier alpha value is -6.48. The molecule has 7 rings (SSSR count). The van der Waals surface area contributed by atoms with Gasteiger partial charge in [-0.3, -0.25) is 24.0 Å². The van der Waals surface area contributed by atoms with Crippen LogP contribution in [-0.4, -0.2) is 140 Å². The number of aliphatic hydroxyl groups is 1. The maximum atomic E-state index is 14.0. The maximum Gasteiger partial charge on any atom is 0.253 e. The molecule has 4 heterocycles. The highest BCUT2D eigenvalue weighted by Gasteiger charge is 2.44. The van der Waals surface area contributed by atoms with E-state index in [0.29, 0.717) is 56.5 Å². The summed E-state index contributed by atoms with van der Waals surface area (Å²) in [6, 6.07) is 20.0. The minimum Gasteiger partial charge on any atom is -0.491 e. The molecule has 420 valence electrons. The van der Waals surface area contributed by atoms with Crippen molar-refractivity contribution in [1.29, 1.82) is 0 Å².